The molecule has 3 nitrogen and oxygen atoms in total. The Morgan fingerprint density at radius 1 is 1.06 bits per heavy atom. The lowest BCUT2D eigenvalue weighted by atomic mass is 10.0. The van der Waals surface area contributed by atoms with Crippen molar-refractivity contribution in [1.29, 1.82) is 0 Å². The van der Waals surface area contributed by atoms with Crippen molar-refractivity contribution in [2.75, 3.05) is 12.8 Å². The first-order valence-corrected chi connectivity index (χ1v) is 8.74. The van der Waals surface area contributed by atoms with Crippen molar-refractivity contribution < 1.29 is 8.42 Å². The Hall–Kier alpha value is -0.0900. The average molecular weight is 259 g/mol. The van der Waals surface area contributed by atoms with Crippen LogP contribution in [0.4, 0.5) is 0 Å². The highest BCUT2D eigenvalue weighted by Gasteiger charge is 2.33. The highest BCUT2D eigenvalue weighted by molar-refractivity contribution is 7.92. The normalized spacial score (nSPS) is 25.5. The molecular formula is C13H25NO2S. The van der Waals surface area contributed by atoms with Crippen LogP contribution in [0.2, 0.25) is 0 Å². The molecule has 2 rings (SSSR count). The molecule has 1 N–H and O–H groups in total. The van der Waals surface area contributed by atoms with Gasteiger partial charge in [-0.05, 0) is 38.6 Å². The topological polar surface area (TPSA) is 46.2 Å². The van der Waals surface area contributed by atoms with Crippen LogP contribution in [0.3, 0.4) is 0 Å². The summed E-state index contributed by atoms with van der Waals surface area (Å²) in [6.45, 7) is 0. The molecule has 1 unspecified atom stereocenters. The first-order valence-electron chi connectivity index (χ1n) is 7.02. The summed E-state index contributed by atoms with van der Waals surface area (Å²) >= 11 is 0. The Morgan fingerprint density at radius 2 is 1.59 bits per heavy atom. The van der Waals surface area contributed by atoms with Crippen LogP contribution in [-0.2, 0) is 9.84 Å². The lowest BCUT2D eigenvalue weighted by Crippen LogP contribution is -2.41. The van der Waals surface area contributed by atoms with E-state index in [1.165, 1.54) is 25.7 Å². The van der Waals surface area contributed by atoms with E-state index in [0.29, 0.717) is 11.7 Å². The Kier molecular flexibility index (Phi) is 4.47. The molecule has 4 heteroatoms. The number of nitrogens with one attached hydrogen (secondary N) is 1. The fourth-order valence-corrected chi connectivity index (χ4v) is 5.71. The first-order chi connectivity index (χ1) is 8.13. The van der Waals surface area contributed by atoms with E-state index in [2.05, 4.69) is 5.32 Å². The third-order valence-electron chi connectivity index (χ3n) is 4.56. The Morgan fingerprint density at radius 3 is 2.12 bits per heavy atom. The van der Waals surface area contributed by atoms with E-state index in [0.717, 1.165) is 25.7 Å². The van der Waals surface area contributed by atoms with Gasteiger partial charge in [-0.25, -0.2) is 8.42 Å². The maximum absolute atomic E-state index is 12.3. The van der Waals surface area contributed by atoms with Gasteiger partial charge in [0.15, 0.2) is 9.84 Å². The second-order valence-corrected chi connectivity index (χ2v) is 8.00. The predicted molar refractivity (Wildman–Crippen MR) is 70.8 cm³/mol. The van der Waals surface area contributed by atoms with E-state index in [-0.39, 0.29) is 11.3 Å². The summed E-state index contributed by atoms with van der Waals surface area (Å²) in [5, 5.41) is 3.20. The van der Waals surface area contributed by atoms with Gasteiger partial charge >= 0.3 is 0 Å². The molecule has 0 radical (unpaired) electrons. The van der Waals surface area contributed by atoms with E-state index in [1.54, 1.807) is 0 Å². The highest BCUT2D eigenvalue weighted by Crippen LogP contribution is 2.31. The summed E-state index contributed by atoms with van der Waals surface area (Å²) < 4.78 is 24.6. The molecule has 0 aromatic carbocycles. The Balaban J connectivity index is 1.96. The fraction of sp³-hybridized carbons (Fsp3) is 1.00. The standard InChI is InChI=1S/C13H25NO2S/c1-14-13(11-6-2-3-7-11)10-17(15,16)12-8-4-5-9-12/h11-14H,2-10H2,1H3. The summed E-state index contributed by atoms with van der Waals surface area (Å²) in [5.74, 6) is 0.940. The van der Waals surface area contributed by atoms with Crippen molar-refractivity contribution in [2.45, 2.75) is 62.7 Å². The maximum atomic E-state index is 12.3. The van der Waals surface area contributed by atoms with Gasteiger partial charge in [0.2, 0.25) is 0 Å². The number of sulfone groups is 1. The Labute approximate surface area is 105 Å². The van der Waals surface area contributed by atoms with Gasteiger partial charge in [-0.15, -0.1) is 0 Å². The van der Waals surface area contributed by atoms with Crippen LogP contribution >= 0.6 is 0 Å². The van der Waals surface area contributed by atoms with Gasteiger partial charge in [-0.3, -0.25) is 0 Å². The van der Waals surface area contributed by atoms with E-state index in [1.807, 2.05) is 7.05 Å². The van der Waals surface area contributed by atoms with Gasteiger partial charge in [-0.1, -0.05) is 25.7 Å². The van der Waals surface area contributed by atoms with Gasteiger partial charge in [0.1, 0.15) is 0 Å². The van der Waals surface area contributed by atoms with E-state index in [9.17, 15) is 8.42 Å². The lowest BCUT2D eigenvalue weighted by molar-refractivity contribution is 0.403. The third-order valence-corrected chi connectivity index (χ3v) is 6.87. The monoisotopic (exact) mass is 259 g/mol. The molecule has 2 aliphatic carbocycles. The molecular weight excluding hydrogens is 234 g/mol. The lowest BCUT2D eigenvalue weighted by Gasteiger charge is -2.24. The zero-order valence-corrected chi connectivity index (χ0v) is 11.6. The molecule has 0 amide bonds. The first kappa shape index (κ1) is 13.3. The molecule has 100 valence electrons. The molecule has 1 atom stereocenters. The number of rotatable bonds is 5. The fourth-order valence-electron chi connectivity index (χ4n) is 3.45. The van der Waals surface area contributed by atoms with Crippen molar-refractivity contribution in [2.24, 2.45) is 5.92 Å². The molecule has 2 fully saturated rings. The smallest absolute Gasteiger partial charge is 0.154 e. The summed E-state index contributed by atoms with van der Waals surface area (Å²) in [6, 6.07) is 0.183. The van der Waals surface area contributed by atoms with Crippen LogP contribution in [0.5, 0.6) is 0 Å². The minimum Gasteiger partial charge on any atom is -0.316 e. The summed E-state index contributed by atoms with van der Waals surface area (Å²) in [5.41, 5.74) is 0. The van der Waals surface area contributed by atoms with Crippen LogP contribution < -0.4 is 5.32 Å². The van der Waals surface area contributed by atoms with Crippen LogP contribution in [0.1, 0.15) is 51.4 Å². The zero-order chi connectivity index (χ0) is 12.3. The number of hydrogen-bond donors (Lipinski definition) is 1. The van der Waals surface area contributed by atoms with Gasteiger partial charge in [0, 0.05) is 6.04 Å². The van der Waals surface area contributed by atoms with Crippen molar-refractivity contribution in [3.8, 4) is 0 Å². The minimum atomic E-state index is -2.87. The molecule has 2 saturated carbocycles. The minimum absolute atomic E-state index is 0.0419. The highest BCUT2D eigenvalue weighted by atomic mass is 32.2. The van der Waals surface area contributed by atoms with Gasteiger partial charge < -0.3 is 5.32 Å². The van der Waals surface area contributed by atoms with Crippen molar-refractivity contribution in [3.05, 3.63) is 0 Å². The molecule has 0 aromatic rings. The van der Waals surface area contributed by atoms with Crippen molar-refractivity contribution >= 4 is 9.84 Å². The van der Waals surface area contributed by atoms with Crippen molar-refractivity contribution in [1.82, 2.24) is 5.32 Å². The van der Waals surface area contributed by atoms with Crippen LogP contribution in [0, 0.1) is 5.92 Å². The summed E-state index contributed by atoms with van der Waals surface area (Å²) in [6.07, 6.45) is 8.91. The molecule has 2 aliphatic rings. The quantitative estimate of drug-likeness (QED) is 0.822. The van der Waals surface area contributed by atoms with Crippen LogP contribution in [-0.4, -0.2) is 32.5 Å². The van der Waals surface area contributed by atoms with Crippen LogP contribution in [0.15, 0.2) is 0 Å². The van der Waals surface area contributed by atoms with Gasteiger partial charge in [0.25, 0.3) is 0 Å². The average Bonchev–Trinajstić information content (AvgIpc) is 2.97. The molecule has 0 saturated heterocycles. The predicted octanol–water partition coefficient (Wildman–Crippen LogP) is 2.12. The van der Waals surface area contributed by atoms with E-state index in [4.69, 9.17) is 0 Å². The van der Waals surface area contributed by atoms with E-state index >= 15 is 0 Å². The van der Waals surface area contributed by atoms with Crippen LogP contribution in [0.25, 0.3) is 0 Å². The van der Waals surface area contributed by atoms with Gasteiger partial charge in [0.05, 0.1) is 11.0 Å². The number of hydrogen-bond acceptors (Lipinski definition) is 3. The molecule has 17 heavy (non-hydrogen) atoms. The summed E-state index contributed by atoms with van der Waals surface area (Å²) in [4.78, 5) is 0. The van der Waals surface area contributed by atoms with Crippen molar-refractivity contribution in [3.63, 3.8) is 0 Å². The second kappa shape index (κ2) is 5.70. The SMILES string of the molecule is CNC(CS(=O)(=O)C1CCCC1)C1CCCC1. The molecule has 0 aliphatic heterocycles. The second-order valence-electron chi connectivity index (χ2n) is 5.68. The van der Waals surface area contributed by atoms with Gasteiger partial charge in [-0.2, -0.15) is 0 Å². The zero-order valence-electron chi connectivity index (χ0n) is 10.8. The maximum Gasteiger partial charge on any atom is 0.154 e. The third kappa shape index (κ3) is 3.22. The molecule has 0 heterocycles. The van der Waals surface area contributed by atoms with E-state index < -0.39 is 9.84 Å². The molecule has 0 aromatic heterocycles. The summed E-state index contributed by atoms with van der Waals surface area (Å²) in [7, 11) is -0.961. The molecule has 0 spiro atoms. The molecule has 0 bridgehead atoms. The Bertz CT molecular complexity index is 327. The largest absolute Gasteiger partial charge is 0.316 e.